The molecule has 1 fully saturated rings. The molecule has 0 aromatic rings. The molecule has 0 bridgehead atoms. The zero-order chi connectivity index (χ0) is 14.6. The largest absolute Gasteiger partial charge is 0.479 e. The molecule has 2 heterocycles. The molecule has 0 aromatic carbocycles. The number of rotatable bonds is 7. The van der Waals surface area contributed by atoms with Gasteiger partial charge in [-0.15, -0.1) is 12.3 Å². The van der Waals surface area contributed by atoms with Crippen molar-refractivity contribution in [2.75, 3.05) is 6.61 Å². The van der Waals surface area contributed by atoms with Gasteiger partial charge in [-0.2, -0.15) is 10.2 Å². The minimum Gasteiger partial charge on any atom is -0.479 e. The van der Waals surface area contributed by atoms with Crippen molar-refractivity contribution in [3.8, 4) is 12.3 Å². The number of carbonyl (C=O) groups is 2. The predicted octanol–water partition coefficient (Wildman–Crippen LogP) is 0.700. The first-order valence-corrected chi connectivity index (χ1v) is 6.58. The Morgan fingerprint density at radius 2 is 2.20 bits per heavy atom. The summed E-state index contributed by atoms with van der Waals surface area (Å²) >= 11 is 0. The molecule has 108 valence electrons. The number of nitrogens with one attached hydrogen (secondary N) is 1. The van der Waals surface area contributed by atoms with Crippen molar-refractivity contribution in [1.29, 1.82) is 0 Å². The van der Waals surface area contributed by atoms with Gasteiger partial charge in [0, 0.05) is 32.3 Å². The van der Waals surface area contributed by atoms with Gasteiger partial charge in [0.05, 0.1) is 6.04 Å². The highest BCUT2D eigenvalue weighted by atomic mass is 16.5. The quantitative estimate of drug-likeness (QED) is 0.670. The van der Waals surface area contributed by atoms with E-state index in [1.54, 1.807) is 0 Å². The summed E-state index contributed by atoms with van der Waals surface area (Å²) in [5.41, 5.74) is -0.484. The molecule has 2 aliphatic rings. The Hall–Kier alpha value is -1.94. The van der Waals surface area contributed by atoms with Crippen LogP contribution in [0.4, 0.5) is 0 Å². The van der Waals surface area contributed by atoms with Crippen LogP contribution in [0.2, 0.25) is 0 Å². The van der Waals surface area contributed by atoms with Crippen molar-refractivity contribution in [3.05, 3.63) is 0 Å². The monoisotopic (exact) mass is 279 g/mol. The maximum absolute atomic E-state index is 11.8. The number of hydrogen-bond donors (Lipinski definition) is 2. The molecule has 1 saturated heterocycles. The second-order valence-corrected chi connectivity index (χ2v) is 4.98. The minimum atomic E-state index is -1.05. The molecule has 0 aliphatic carbocycles. The van der Waals surface area contributed by atoms with Crippen LogP contribution in [-0.4, -0.2) is 41.4 Å². The Kier molecular flexibility index (Phi) is 4.35. The molecular formula is C13H17N3O4. The maximum atomic E-state index is 11.8. The van der Waals surface area contributed by atoms with Crippen molar-refractivity contribution in [2.45, 2.75) is 49.9 Å². The lowest BCUT2D eigenvalue weighted by atomic mass is 10.0. The Balaban J connectivity index is 1.73. The molecule has 2 aliphatic heterocycles. The number of aliphatic carboxylic acids is 1. The van der Waals surface area contributed by atoms with E-state index in [9.17, 15) is 9.59 Å². The number of hydrogen-bond acceptors (Lipinski definition) is 5. The molecule has 2 N–H and O–H groups in total. The van der Waals surface area contributed by atoms with Crippen molar-refractivity contribution in [3.63, 3.8) is 0 Å². The molecule has 7 heteroatoms. The average molecular weight is 279 g/mol. The second-order valence-electron chi connectivity index (χ2n) is 4.98. The molecule has 20 heavy (non-hydrogen) atoms. The summed E-state index contributed by atoms with van der Waals surface area (Å²) in [6.45, 7) is 0.346. The number of ether oxygens (including phenoxy) is 1. The van der Waals surface area contributed by atoms with E-state index in [1.807, 2.05) is 0 Å². The Bertz CT molecular complexity index is 463. The van der Waals surface area contributed by atoms with Gasteiger partial charge in [0.25, 0.3) is 0 Å². The standard InChI is InChI=1S/C13H17N3O4/c1-2-3-6-13(15-16-13)7-4-10(17)14-9-5-8-20-11(9)12(18)19/h1,9,11H,3-8H2,(H,14,17)(H,18,19)/t9-,11+/m0/s1. The summed E-state index contributed by atoms with van der Waals surface area (Å²) < 4.78 is 5.07. The van der Waals surface area contributed by atoms with Crippen molar-refractivity contribution in [2.24, 2.45) is 10.2 Å². The lowest BCUT2D eigenvalue weighted by molar-refractivity contribution is -0.148. The van der Waals surface area contributed by atoms with E-state index in [2.05, 4.69) is 21.5 Å². The molecular weight excluding hydrogens is 262 g/mol. The van der Waals surface area contributed by atoms with Gasteiger partial charge < -0.3 is 15.2 Å². The molecule has 0 radical (unpaired) electrons. The molecule has 2 atom stereocenters. The third kappa shape index (κ3) is 3.54. The highest BCUT2D eigenvalue weighted by molar-refractivity contribution is 5.79. The fraction of sp³-hybridized carbons (Fsp3) is 0.692. The van der Waals surface area contributed by atoms with Crippen LogP contribution in [0.5, 0.6) is 0 Å². The van der Waals surface area contributed by atoms with Gasteiger partial charge >= 0.3 is 5.97 Å². The van der Waals surface area contributed by atoms with Crippen molar-refractivity contribution < 1.29 is 19.4 Å². The van der Waals surface area contributed by atoms with E-state index in [1.165, 1.54) is 0 Å². The number of terminal acetylenes is 1. The fourth-order valence-electron chi connectivity index (χ4n) is 2.24. The number of nitrogens with zero attached hydrogens (tertiary/aromatic N) is 2. The summed E-state index contributed by atoms with van der Waals surface area (Å²) in [6, 6.07) is -0.463. The summed E-state index contributed by atoms with van der Waals surface area (Å²) in [4.78, 5) is 22.7. The van der Waals surface area contributed by atoms with Crippen LogP contribution in [0, 0.1) is 12.3 Å². The zero-order valence-corrected chi connectivity index (χ0v) is 11.0. The average Bonchev–Trinajstić information content (AvgIpc) is 3.04. The molecule has 0 saturated carbocycles. The highest BCUT2D eigenvalue weighted by Gasteiger charge is 2.40. The van der Waals surface area contributed by atoms with E-state index in [-0.39, 0.29) is 12.3 Å². The lowest BCUT2D eigenvalue weighted by Gasteiger charge is -2.16. The first kappa shape index (κ1) is 14.5. The third-order valence-electron chi connectivity index (χ3n) is 3.49. The summed E-state index contributed by atoms with van der Waals surface area (Å²) in [7, 11) is 0. The first-order chi connectivity index (χ1) is 9.56. The molecule has 0 unspecified atom stereocenters. The predicted molar refractivity (Wildman–Crippen MR) is 68.8 cm³/mol. The topological polar surface area (TPSA) is 100 Å². The van der Waals surface area contributed by atoms with Crippen LogP contribution in [0.1, 0.15) is 32.1 Å². The first-order valence-electron chi connectivity index (χ1n) is 6.58. The van der Waals surface area contributed by atoms with Gasteiger partial charge in [0.2, 0.25) is 5.91 Å². The zero-order valence-electron chi connectivity index (χ0n) is 11.0. The van der Waals surface area contributed by atoms with Crippen LogP contribution in [0.3, 0.4) is 0 Å². The number of carboxylic acids is 1. The highest BCUT2D eigenvalue weighted by Crippen LogP contribution is 2.37. The molecule has 0 spiro atoms. The number of amides is 1. The van der Waals surface area contributed by atoms with E-state index in [4.69, 9.17) is 16.3 Å². The van der Waals surface area contributed by atoms with Crippen LogP contribution in [0.15, 0.2) is 10.2 Å². The van der Waals surface area contributed by atoms with Crippen molar-refractivity contribution >= 4 is 11.9 Å². The Morgan fingerprint density at radius 3 is 2.80 bits per heavy atom. The lowest BCUT2D eigenvalue weighted by Crippen LogP contribution is -2.44. The van der Waals surface area contributed by atoms with Crippen LogP contribution < -0.4 is 5.32 Å². The molecule has 1 amide bonds. The van der Waals surface area contributed by atoms with E-state index >= 15 is 0 Å². The fourth-order valence-corrected chi connectivity index (χ4v) is 2.24. The second kappa shape index (κ2) is 6.01. The number of carbonyl (C=O) groups excluding carboxylic acids is 1. The smallest absolute Gasteiger partial charge is 0.334 e. The van der Waals surface area contributed by atoms with E-state index in [0.717, 1.165) is 0 Å². The third-order valence-corrected chi connectivity index (χ3v) is 3.49. The van der Waals surface area contributed by atoms with Gasteiger partial charge in [-0.05, 0) is 6.42 Å². The molecule has 7 nitrogen and oxygen atoms in total. The normalized spacial score (nSPS) is 25.9. The van der Waals surface area contributed by atoms with Gasteiger partial charge in [-0.3, -0.25) is 4.79 Å². The summed E-state index contributed by atoms with van der Waals surface area (Å²) in [5, 5.41) is 19.5. The number of carboxylic acid groups (broad SMARTS) is 1. The van der Waals surface area contributed by atoms with Gasteiger partial charge in [-0.1, -0.05) is 0 Å². The van der Waals surface area contributed by atoms with Crippen LogP contribution >= 0.6 is 0 Å². The van der Waals surface area contributed by atoms with Crippen LogP contribution in [0.25, 0.3) is 0 Å². The van der Waals surface area contributed by atoms with Gasteiger partial charge in [0.1, 0.15) is 0 Å². The Morgan fingerprint density at radius 1 is 1.45 bits per heavy atom. The molecule has 0 aromatic heterocycles. The van der Waals surface area contributed by atoms with Gasteiger partial charge in [-0.25, -0.2) is 4.79 Å². The van der Waals surface area contributed by atoms with Crippen molar-refractivity contribution in [1.82, 2.24) is 5.32 Å². The van der Waals surface area contributed by atoms with Gasteiger partial charge in [0.15, 0.2) is 11.8 Å². The summed E-state index contributed by atoms with van der Waals surface area (Å²) in [6.07, 6.45) is 6.73. The molecule has 2 rings (SSSR count). The maximum Gasteiger partial charge on any atom is 0.334 e. The Labute approximate surface area is 116 Å². The minimum absolute atomic E-state index is 0.205. The van der Waals surface area contributed by atoms with E-state index < -0.39 is 23.8 Å². The van der Waals surface area contributed by atoms with Crippen LogP contribution in [-0.2, 0) is 14.3 Å². The SMILES string of the molecule is C#CCCC1(CCC(=O)N[C@H]2CCO[C@H]2C(=O)O)N=N1. The summed E-state index contributed by atoms with van der Waals surface area (Å²) in [5.74, 6) is 1.27. The van der Waals surface area contributed by atoms with E-state index in [0.29, 0.717) is 32.3 Å².